The van der Waals surface area contributed by atoms with E-state index in [-0.39, 0.29) is 47.6 Å². The smallest absolute Gasteiger partial charge is 0.330 e. The third-order valence-corrected chi connectivity index (χ3v) is 5.46. The summed E-state index contributed by atoms with van der Waals surface area (Å²) in [6.45, 7) is 3.40. The van der Waals surface area contributed by atoms with Crippen molar-refractivity contribution in [3.8, 4) is 34.5 Å². The van der Waals surface area contributed by atoms with Crippen LogP contribution in [-0.4, -0.2) is 45.7 Å². The van der Waals surface area contributed by atoms with Gasteiger partial charge < -0.3 is 34.6 Å². The highest BCUT2D eigenvalue weighted by Gasteiger charge is 2.16. The molecule has 0 bridgehead atoms. The summed E-state index contributed by atoms with van der Waals surface area (Å²) >= 11 is 0. The van der Waals surface area contributed by atoms with Crippen molar-refractivity contribution in [3.63, 3.8) is 0 Å². The van der Waals surface area contributed by atoms with Crippen molar-refractivity contribution in [2.75, 3.05) is 13.2 Å². The van der Waals surface area contributed by atoms with Crippen molar-refractivity contribution in [2.24, 2.45) is 20.5 Å². The summed E-state index contributed by atoms with van der Waals surface area (Å²) in [7, 11) is 0. The highest BCUT2D eigenvalue weighted by molar-refractivity contribution is 5.81. The van der Waals surface area contributed by atoms with Gasteiger partial charge in [0, 0.05) is 18.2 Å². The molecule has 0 aliphatic heterocycles. The van der Waals surface area contributed by atoms with Crippen LogP contribution in [0.2, 0.25) is 0 Å². The minimum atomic E-state index is -0.760. The molecule has 0 heterocycles. The SMILES string of the molecule is C=CC(=O)OC(COc1ccc(N=Nc2ccc(O)cc2O)cc1)COc1ccc(N=Nc2ccc(O)cc2O)cc1. The Hall–Kier alpha value is -5.91. The first-order valence-corrected chi connectivity index (χ1v) is 12.5. The summed E-state index contributed by atoms with van der Waals surface area (Å²) in [4.78, 5) is 11.8. The van der Waals surface area contributed by atoms with Crippen LogP contribution >= 0.6 is 0 Å². The van der Waals surface area contributed by atoms with E-state index in [1.807, 2.05) is 0 Å². The fourth-order valence-corrected chi connectivity index (χ4v) is 3.34. The Morgan fingerprint density at radius 1 is 0.667 bits per heavy atom. The number of nitrogens with zero attached hydrogens (tertiary/aromatic N) is 4. The van der Waals surface area contributed by atoms with Gasteiger partial charge >= 0.3 is 5.97 Å². The maximum absolute atomic E-state index is 11.8. The Bertz CT molecular complexity index is 1480. The van der Waals surface area contributed by atoms with Crippen LogP contribution in [0.15, 0.2) is 118 Å². The Morgan fingerprint density at radius 2 is 1.10 bits per heavy atom. The summed E-state index contributed by atoms with van der Waals surface area (Å²) in [5, 5.41) is 54.4. The van der Waals surface area contributed by atoms with Crippen LogP contribution in [0.1, 0.15) is 0 Å². The zero-order valence-corrected chi connectivity index (χ0v) is 22.1. The molecule has 42 heavy (non-hydrogen) atoms. The lowest BCUT2D eigenvalue weighted by atomic mass is 10.3. The molecule has 4 rings (SSSR count). The van der Waals surface area contributed by atoms with Gasteiger partial charge in [-0.3, -0.25) is 0 Å². The molecule has 4 aromatic carbocycles. The predicted molar refractivity (Wildman–Crippen MR) is 152 cm³/mol. The van der Waals surface area contributed by atoms with Crippen molar-refractivity contribution in [2.45, 2.75) is 6.10 Å². The standard InChI is InChI=1S/C30H26N4O8/c1-2-30(39)42-25(17-40-23-9-3-19(4-10-23)31-33-26-13-7-21(35)15-28(26)37)18-41-24-11-5-20(6-12-24)32-34-27-14-8-22(36)16-29(27)38/h2-16,25,35-38H,1,17-18H2. The van der Waals surface area contributed by atoms with E-state index in [1.165, 1.54) is 36.4 Å². The van der Waals surface area contributed by atoms with Crippen molar-refractivity contribution >= 4 is 28.7 Å². The molecule has 0 unspecified atom stereocenters. The molecule has 12 nitrogen and oxygen atoms in total. The lowest BCUT2D eigenvalue weighted by molar-refractivity contribution is -0.146. The summed E-state index contributed by atoms with van der Waals surface area (Å²) in [6.07, 6.45) is 0.286. The van der Waals surface area contributed by atoms with E-state index in [1.54, 1.807) is 48.5 Å². The van der Waals surface area contributed by atoms with Gasteiger partial charge in [-0.05, 0) is 72.8 Å². The first kappa shape index (κ1) is 29.1. The number of benzene rings is 4. The third-order valence-electron chi connectivity index (χ3n) is 5.46. The molecule has 12 heteroatoms. The summed E-state index contributed by atoms with van der Waals surface area (Å²) in [5.74, 6) is -0.231. The number of phenolic OH excluding ortho intramolecular Hbond substituents is 4. The third kappa shape index (κ3) is 8.55. The van der Waals surface area contributed by atoms with E-state index in [0.717, 1.165) is 6.08 Å². The maximum Gasteiger partial charge on any atom is 0.330 e. The highest BCUT2D eigenvalue weighted by Crippen LogP contribution is 2.32. The molecule has 0 atom stereocenters. The van der Waals surface area contributed by atoms with Crippen molar-refractivity contribution in [1.29, 1.82) is 0 Å². The van der Waals surface area contributed by atoms with E-state index in [4.69, 9.17) is 14.2 Å². The number of carbonyl (C=O) groups excluding carboxylic acids is 1. The first-order chi connectivity index (χ1) is 20.3. The molecule has 0 aliphatic rings. The normalized spacial score (nSPS) is 11.8. The molecule has 0 saturated heterocycles. The van der Waals surface area contributed by atoms with Gasteiger partial charge in [-0.15, -0.1) is 10.2 Å². The summed E-state index contributed by atoms with van der Waals surface area (Å²) in [5.41, 5.74) is 1.40. The predicted octanol–water partition coefficient (Wildman–Crippen LogP) is 6.90. The molecular weight excluding hydrogens is 544 g/mol. The minimum absolute atomic E-state index is 0.00968. The van der Waals surface area contributed by atoms with Crippen LogP contribution in [0.25, 0.3) is 0 Å². The number of hydrogen-bond acceptors (Lipinski definition) is 12. The molecule has 4 N–H and O–H groups in total. The molecule has 0 aromatic heterocycles. The van der Waals surface area contributed by atoms with Crippen LogP contribution in [0.5, 0.6) is 34.5 Å². The zero-order chi connectivity index (χ0) is 29.9. The van der Waals surface area contributed by atoms with Crippen LogP contribution in [0, 0.1) is 0 Å². The number of rotatable bonds is 12. The van der Waals surface area contributed by atoms with Gasteiger partial charge in [-0.2, -0.15) is 10.2 Å². The van der Waals surface area contributed by atoms with E-state index in [0.29, 0.717) is 22.9 Å². The first-order valence-electron chi connectivity index (χ1n) is 12.5. The van der Waals surface area contributed by atoms with Gasteiger partial charge in [0.15, 0.2) is 6.10 Å². The number of aromatic hydroxyl groups is 4. The molecular formula is C30H26N4O8. The quantitative estimate of drug-likeness (QED) is 0.0808. The lowest BCUT2D eigenvalue weighted by Gasteiger charge is -2.18. The number of carbonyl (C=O) groups is 1. The Labute approximate surface area is 240 Å². The lowest BCUT2D eigenvalue weighted by Crippen LogP contribution is -2.30. The van der Waals surface area contributed by atoms with Crippen LogP contribution in [0.3, 0.4) is 0 Å². The van der Waals surface area contributed by atoms with Gasteiger partial charge in [0.05, 0.1) is 11.4 Å². The fourth-order valence-electron chi connectivity index (χ4n) is 3.34. The Balaban J connectivity index is 1.31. The van der Waals surface area contributed by atoms with E-state index >= 15 is 0 Å². The van der Waals surface area contributed by atoms with E-state index in [9.17, 15) is 25.2 Å². The van der Waals surface area contributed by atoms with Gasteiger partial charge in [0.1, 0.15) is 59.1 Å². The molecule has 4 aromatic rings. The molecule has 0 spiro atoms. The van der Waals surface area contributed by atoms with Crippen molar-refractivity contribution in [1.82, 2.24) is 0 Å². The molecule has 214 valence electrons. The Kier molecular flexibility index (Phi) is 9.65. The molecule has 0 fully saturated rings. The van der Waals surface area contributed by atoms with Crippen molar-refractivity contribution in [3.05, 3.63) is 97.6 Å². The van der Waals surface area contributed by atoms with Gasteiger partial charge in [0.25, 0.3) is 0 Å². The maximum atomic E-state index is 11.8. The largest absolute Gasteiger partial charge is 0.508 e. The fraction of sp³-hybridized carbons (Fsp3) is 0.100. The minimum Gasteiger partial charge on any atom is -0.508 e. The second-order valence-corrected chi connectivity index (χ2v) is 8.62. The monoisotopic (exact) mass is 570 g/mol. The molecule has 0 radical (unpaired) electrons. The molecule has 0 aliphatic carbocycles. The van der Waals surface area contributed by atoms with Gasteiger partial charge in [0.2, 0.25) is 0 Å². The van der Waals surface area contributed by atoms with Crippen LogP contribution in [0.4, 0.5) is 22.7 Å². The topological polar surface area (TPSA) is 175 Å². The summed E-state index contributed by atoms with van der Waals surface area (Å²) < 4.78 is 16.9. The van der Waals surface area contributed by atoms with Gasteiger partial charge in [-0.1, -0.05) is 6.58 Å². The van der Waals surface area contributed by atoms with E-state index in [2.05, 4.69) is 27.0 Å². The second-order valence-electron chi connectivity index (χ2n) is 8.62. The number of ether oxygens (including phenoxy) is 3. The molecule has 0 amide bonds. The average Bonchev–Trinajstić information content (AvgIpc) is 2.98. The zero-order valence-electron chi connectivity index (χ0n) is 22.1. The van der Waals surface area contributed by atoms with Crippen LogP contribution in [-0.2, 0) is 9.53 Å². The van der Waals surface area contributed by atoms with Crippen molar-refractivity contribution < 1.29 is 39.4 Å². The number of esters is 1. The number of hydrogen-bond donors (Lipinski definition) is 4. The average molecular weight is 571 g/mol. The number of phenols is 4. The second kappa shape index (κ2) is 13.9. The van der Waals surface area contributed by atoms with Crippen LogP contribution < -0.4 is 9.47 Å². The Morgan fingerprint density at radius 3 is 1.48 bits per heavy atom. The van der Waals surface area contributed by atoms with Gasteiger partial charge in [-0.25, -0.2) is 4.79 Å². The molecule has 0 saturated carbocycles. The van der Waals surface area contributed by atoms with E-state index < -0.39 is 12.1 Å². The highest BCUT2D eigenvalue weighted by atomic mass is 16.6. The number of azo groups is 2. The summed E-state index contributed by atoms with van der Waals surface area (Å²) in [6, 6.07) is 21.2.